The first-order chi connectivity index (χ1) is 12.3. The monoisotopic (exact) mass is 363 g/mol. The predicted molar refractivity (Wildman–Crippen MR) is 90.9 cm³/mol. The van der Waals surface area contributed by atoms with Crippen LogP contribution in [0.2, 0.25) is 0 Å². The Kier molecular flexibility index (Phi) is 5.01. The molecule has 2 N–H and O–H groups in total. The van der Waals surface area contributed by atoms with Gasteiger partial charge in [0, 0.05) is 36.8 Å². The van der Waals surface area contributed by atoms with Gasteiger partial charge in [-0.15, -0.1) is 0 Å². The Hall–Kier alpha value is -2.77. The fourth-order valence-corrected chi connectivity index (χ4v) is 3.22. The third-order valence-corrected chi connectivity index (χ3v) is 4.68. The summed E-state index contributed by atoms with van der Waals surface area (Å²) >= 11 is 0. The Morgan fingerprint density at radius 1 is 1.23 bits per heavy atom. The van der Waals surface area contributed by atoms with Gasteiger partial charge in [-0.3, -0.25) is 14.6 Å². The number of carbonyl (C=O) groups excluding carboxylic acids is 1. The Morgan fingerprint density at radius 3 is 2.62 bits per heavy atom. The van der Waals surface area contributed by atoms with Crippen molar-refractivity contribution in [1.82, 2.24) is 14.9 Å². The minimum absolute atomic E-state index is 0.0918. The topological polar surface area (TPSA) is 86.0 Å². The third kappa shape index (κ3) is 3.89. The van der Waals surface area contributed by atoms with Gasteiger partial charge >= 0.3 is 5.69 Å². The molecular formula is C18H19F2N3O3. The highest BCUT2D eigenvalue weighted by molar-refractivity contribution is 5.77. The molecule has 8 heteroatoms. The Labute approximate surface area is 147 Å². The fourth-order valence-electron chi connectivity index (χ4n) is 3.22. The van der Waals surface area contributed by atoms with Gasteiger partial charge in [0.15, 0.2) is 0 Å². The minimum atomic E-state index is -0.607. The largest absolute Gasteiger partial charge is 0.342 e. The summed E-state index contributed by atoms with van der Waals surface area (Å²) in [6.45, 7) is 2.64. The van der Waals surface area contributed by atoms with Crippen molar-refractivity contribution < 1.29 is 13.6 Å². The van der Waals surface area contributed by atoms with E-state index in [-0.39, 0.29) is 24.7 Å². The average molecular weight is 363 g/mol. The molecule has 1 aromatic carbocycles. The van der Waals surface area contributed by atoms with Gasteiger partial charge < -0.3 is 9.88 Å². The molecule has 26 heavy (non-hydrogen) atoms. The summed E-state index contributed by atoms with van der Waals surface area (Å²) in [4.78, 5) is 41.5. The molecule has 0 saturated carbocycles. The highest BCUT2D eigenvalue weighted by Gasteiger charge is 2.31. The molecule has 1 fully saturated rings. The maximum atomic E-state index is 13.7. The number of likely N-dealkylation sites (tertiary alicyclic amines) is 1. The number of rotatable bonds is 5. The summed E-state index contributed by atoms with van der Waals surface area (Å²) < 4.78 is 26.6. The van der Waals surface area contributed by atoms with E-state index in [2.05, 4.69) is 9.97 Å². The number of benzene rings is 1. The van der Waals surface area contributed by atoms with Gasteiger partial charge in [0.1, 0.15) is 11.6 Å². The van der Waals surface area contributed by atoms with E-state index in [1.54, 1.807) is 11.8 Å². The number of aryl methyl sites for hydroxylation is 1. The van der Waals surface area contributed by atoms with Crippen LogP contribution in [0.3, 0.4) is 0 Å². The second-order valence-corrected chi connectivity index (χ2v) is 6.62. The summed E-state index contributed by atoms with van der Waals surface area (Å²) in [5.41, 5.74) is 0.246. The van der Waals surface area contributed by atoms with E-state index >= 15 is 0 Å². The molecule has 0 unspecified atom stereocenters. The maximum absolute atomic E-state index is 13.7. The van der Waals surface area contributed by atoms with Crippen LogP contribution in [0, 0.1) is 24.5 Å². The van der Waals surface area contributed by atoms with Crippen molar-refractivity contribution in [2.75, 3.05) is 13.1 Å². The molecule has 1 aliphatic rings. The number of carbonyl (C=O) groups is 1. The van der Waals surface area contributed by atoms with Crippen molar-refractivity contribution in [3.8, 4) is 0 Å². The molecule has 1 amide bonds. The first-order valence-electron chi connectivity index (χ1n) is 8.37. The molecule has 0 bridgehead atoms. The lowest BCUT2D eigenvalue weighted by atomic mass is 9.91. The zero-order chi connectivity index (χ0) is 18.8. The van der Waals surface area contributed by atoms with Gasteiger partial charge in [-0.2, -0.15) is 0 Å². The number of hydrogen-bond donors (Lipinski definition) is 2. The van der Waals surface area contributed by atoms with E-state index in [4.69, 9.17) is 0 Å². The number of nitrogens with zero attached hydrogens (tertiary/aromatic N) is 1. The van der Waals surface area contributed by atoms with Crippen molar-refractivity contribution in [1.29, 1.82) is 0 Å². The average Bonchev–Trinajstić information content (AvgIpc) is 2.50. The van der Waals surface area contributed by atoms with Gasteiger partial charge in [0.05, 0.1) is 0 Å². The van der Waals surface area contributed by atoms with Gasteiger partial charge in [-0.1, -0.05) is 6.07 Å². The number of aromatic nitrogens is 2. The third-order valence-electron chi connectivity index (χ3n) is 4.68. The first-order valence-corrected chi connectivity index (χ1v) is 8.37. The number of halogens is 2. The van der Waals surface area contributed by atoms with Crippen LogP contribution in [0.25, 0.3) is 0 Å². The number of hydrogen-bond acceptors (Lipinski definition) is 3. The van der Waals surface area contributed by atoms with Crippen molar-refractivity contribution in [2.45, 2.75) is 26.2 Å². The first kappa shape index (κ1) is 18.0. The smallest absolute Gasteiger partial charge is 0.325 e. The summed E-state index contributed by atoms with van der Waals surface area (Å²) in [6.07, 6.45) is 0.854. The molecule has 138 valence electrons. The summed E-state index contributed by atoms with van der Waals surface area (Å²) in [7, 11) is 0. The Bertz CT molecular complexity index is 945. The lowest BCUT2D eigenvalue weighted by Crippen LogP contribution is -2.50. The number of nitrogens with one attached hydrogen (secondary N) is 2. The SMILES string of the molecule is Cc1[nH]c(=O)[nH]c(=O)c1CCC(=O)N1CC(Cc2ccc(F)cc2F)C1. The molecule has 0 spiro atoms. The lowest BCUT2D eigenvalue weighted by Gasteiger charge is -2.39. The Balaban J connectivity index is 1.51. The molecule has 0 aliphatic carbocycles. The van der Waals surface area contributed by atoms with Crippen LogP contribution in [0.5, 0.6) is 0 Å². The van der Waals surface area contributed by atoms with E-state index in [1.165, 1.54) is 12.1 Å². The van der Waals surface area contributed by atoms with E-state index in [1.807, 2.05) is 0 Å². The lowest BCUT2D eigenvalue weighted by molar-refractivity contribution is -0.137. The van der Waals surface area contributed by atoms with Gasteiger partial charge in [-0.05, 0) is 37.3 Å². The molecule has 0 atom stereocenters. The fraction of sp³-hybridized carbons (Fsp3) is 0.389. The molecule has 3 rings (SSSR count). The number of H-pyrrole nitrogens is 2. The predicted octanol–water partition coefficient (Wildman–Crippen LogP) is 1.28. The van der Waals surface area contributed by atoms with Crippen LogP contribution in [0.15, 0.2) is 27.8 Å². The van der Waals surface area contributed by atoms with Crippen LogP contribution in [-0.4, -0.2) is 33.9 Å². The second kappa shape index (κ2) is 7.23. The normalized spacial score (nSPS) is 14.3. The van der Waals surface area contributed by atoms with Crippen LogP contribution in [0.4, 0.5) is 8.78 Å². The zero-order valence-electron chi connectivity index (χ0n) is 14.3. The molecule has 1 saturated heterocycles. The van der Waals surface area contributed by atoms with E-state index in [0.717, 1.165) is 6.07 Å². The van der Waals surface area contributed by atoms with Crippen molar-refractivity contribution in [3.63, 3.8) is 0 Å². The summed E-state index contributed by atoms with van der Waals surface area (Å²) in [5, 5.41) is 0. The van der Waals surface area contributed by atoms with Crippen molar-refractivity contribution in [2.24, 2.45) is 5.92 Å². The highest BCUT2D eigenvalue weighted by Crippen LogP contribution is 2.23. The van der Waals surface area contributed by atoms with Crippen LogP contribution in [-0.2, 0) is 17.6 Å². The number of amides is 1. The summed E-state index contributed by atoms with van der Waals surface area (Å²) in [6, 6.07) is 3.52. The van der Waals surface area contributed by atoms with Gasteiger partial charge in [0.25, 0.3) is 5.56 Å². The van der Waals surface area contributed by atoms with Crippen LogP contribution in [0.1, 0.15) is 23.2 Å². The molecule has 2 heterocycles. The van der Waals surface area contributed by atoms with Gasteiger partial charge in [0.2, 0.25) is 5.91 Å². The standard InChI is InChI=1S/C18H19F2N3O3/c1-10-14(17(25)22-18(26)21-10)4-5-16(24)23-8-11(9-23)6-12-2-3-13(19)7-15(12)20/h2-3,7,11H,4-6,8-9H2,1H3,(H2,21,22,25,26). The second-order valence-electron chi connectivity index (χ2n) is 6.62. The van der Waals surface area contributed by atoms with Crippen molar-refractivity contribution >= 4 is 5.91 Å². The Morgan fingerprint density at radius 2 is 1.96 bits per heavy atom. The van der Waals surface area contributed by atoms with E-state index in [9.17, 15) is 23.2 Å². The van der Waals surface area contributed by atoms with Crippen LogP contribution >= 0.6 is 0 Å². The van der Waals surface area contributed by atoms with Crippen LogP contribution < -0.4 is 11.2 Å². The molecule has 1 aliphatic heterocycles. The number of aromatic amines is 2. The van der Waals surface area contributed by atoms with E-state index in [0.29, 0.717) is 36.3 Å². The highest BCUT2D eigenvalue weighted by atomic mass is 19.1. The van der Waals surface area contributed by atoms with Gasteiger partial charge in [-0.25, -0.2) is 13.6 Å². The molecule has 2 aromatic rings. The summed E-state index contributed by atoms with van der Waals surface area (Å²) in [5.74, 6) is -1.13. The molecule has 6 nitrogen and oxygen atoms in total. The zero-order valence-corrected chi connectivity index (χ0v) is 14.3. The van der Waals surface area contributed by atoms with E-state index < -0.39 is 22.9 Å². The molecular weight excluding hydrogens is 344 g/mol. The quantitative estimate of drug-likeness (QED) is 0.839. The maximum Gasteiger partial charge on any atom is 0.325 e. The molecule has 1 aromatic heterocycles. The minimum Gasteiger partial charge on any atom is -0.342 e. The van der Waals surface area contributed by atoms with Crippen molar-refractivity contribution in [3.05, 3.63) is 67.5 Å². The molecule has 0 radical (unpaired) electrons.